The number of piperidine rings is 1. The van der Waals surface area contributed by atoms with Crippen molar-refractivity contribution in [3.8, 4) is 0 Å². The van der Waals surface area contributed by atoms with Gasteiger partial charge in [0.15, 0.2) is 0 Å². The molecule has 1 aliphatic carbocycles. The van der Waals surface area contributed by atoms with Crippen LogP contribution >= 0.6 is 11.8 Å². The molecule has 0 radical (unpaired) electrons. The SMILES string of the molecule is CSCC1CCCN(C2CC(N)C2)C1. The van der Waals surface area contributed by atoms with Gasteiger partial charge in [0, 0.05) is 18.6 Å². The van der Waals surface area contributed by atoms with E-state index in [-0.39, 0.29) is 0 Å². The van der Waals surface area contributed by atoms with Gasteiger partial charge < -0.3 is 5.73 Å². The first-order chi connectivity index (χ1) is 6.79. The van der Waals surface area contributed by atoms with Crippen LogP contribution in [-0.4, -0.2) is 42.1 Å². The van der Waals surface area contributed by atoms with Crippen molar-refractivity contribution >= 4 is 11.8 Å². The van der Waals surface area contributed by atoms with Gasteiger partial charge in [-0.15, -0.1) is 0 Å². The lowest BCUT2D eigenvalue weighted by atomic mass is 9.84. The molecule has 3 heteroatoms. The van der Waals surface area contributed by atoms with Crippen molar-refractivity contribution < 1.29 is 0 Å². The molecule has 14 heavy (non-hydrogen) atoms. The van der Waals surface area contributed by atoms with E-state index < -0.39 is 0 Å². The highest BCUT2D eigenvalue weighted by molar-refractivity contribution is 7.98. The van der Waals surface area contributed by atoms with Gasteiger partial charge in [0.2, 0.25) is 0 Å². The summed E-state index contributed by atoms with van der Waals surface area (Å²) in [7, 11) is 0. The third-order valence-corrected chi connectivity index (χ3v) is 4.42. The van der Waals surface area contributed by atoms with Crippen molar-refractivity contribution in [3.63, 3.8) is 0 Å². The normalized spacial score (nSPS) is 39.4. The number of nitrogens with zero attached hydrogens (tertiary/aromatic N) is 1. The Hall–Kier alpha value is 0.270. The number of rotatable bonds is 3. The van der Waals surface area contributed by atoms with E-state index in [1.165, 1.54) is 44.5 Å². The van der Waals surface area contributed by atoms with Gasteiger partial charge in [-0.25, -0.2) is 0 Å². The molecule has 0 amide bonds. The Kier molecular flexibility index (Phi) is 3.74. The molecule has 82 valence electrons. The Bertz CT molecular complexity index is 176. The minimum absolute atomic E-state index is 0.501. The van der Waals surface area contributed by atoms with Crippen molar-refractivity contribution in [1.82, 2.24) is 4.90 Å². The van der Waals surface area contributed by atoms with E-state index in [4.69, 9.17) is 5.73 Å². The van der Waals surface area contributed by atoms with Crippen LogP contribution in [0.1, 0.15) is 25.7 Å². The number of nitrogens with two attached hydrogens (primary N) is 1. The second kappa shape index (κ2) is 4.86. The Morgan fingerprint density at radius 2 is 2.21 bits per heavy atom. The van der Waals surface area contributed by atoms with Crippen molar-refractivity contribution in [1.29, 1.82) is 0 Å². The van der Waals surface area contributed by atoms with Gasteiger partial charge in [0.05, 0.1) is 0 Å². The predicted molar refractivity (Wildman–Crippen MR) is 63.7 cm³/mol. The summed E-state index contributed by atoms with van der Waals surface area (Å²) in [6.45, 7) is 2.65. The molecule has 1 unspecified atom stereocenters. The van der Waals surface area contributed by atoms with Crippen molar-refractivity contribution in [2.45, 2.75) is 37.8 Å². The minimum atomic E-state index is 0.501. The largest absolute Gasteiger partial charge is 0.328 e. The number of thioether (sulfide) groups is 1. The Morgan fingerprint density at radius 1 is 1.43 bits per heavy atom. The van der Waals surface area contributed by atoms with Gasteiger partial charge in [0.1, 0.15) is 0 Å². The monoisotopic (exact) mass is 214 g/mol. The molecular formula is C11H22N2S. The van der Waals surface area contributed by atoms with Crippen LogP contribution in [0.25, 0.3) is 0 Å². The minimum Gasteiger partial charge on any atom is -0.328 e. The van der Waals surface area contributed by atoms with Gasteiger partial charge in [-0.1, -0.05) is 0 Å². The molecule has 0 spiro atoms. The summed E-state index contributed by atoms with van der Waals surface area (Å²) in [6.07, 6.45) is 7.54. The maximum absolute atomic E-state index is 5.84. The standard InChI is InChI=1S/C11H22N2S/c1-14-8-9-3-2-4-13(7-9)11-5-10(12)6-11/h9-11H,2-8,12H2,1H3. The number of likely N-dealkylation sites (tertiary alicyclic amines) is 1. The predicted octanol–water partition coefficient (Wildman–Crippen LogP) is 1.55. The molecule has 2 nitrogen and oxygen atoms in total. The first-order valence-corrected chi connectivity index (χ1v) is 7.17. The summed E-state index contributed by atoms with van der Waals surface area (Å²) in [5.74, 6) is 2.28. The highest BCUT2D eigenvalue weighted by Gasteiger charge is 2.33. The zero-order valence-corrected chi connectivity index (χ0v) is 9.93. The molecule has 0 aromatic carbocycles. The maximum atomic E-state index is 5.84. The fourth-order valence-electron chi connectivity index (χ4n) is 2.73. The van der Waals surface area contributed by atoms with Crippen molar-refractivity contribution in [2.24, 2.45) is 11.7 Å². The van der Waals surface area contributed by atoms with Crippen LogP contribution < -0.4 is 5.73 Å². The topological polar surface area (TPSA) is 29.3 Å². The third-order valence-electron chi connectivity index (χ3n) is 3.62. The van der Waals surface area contributed by atoms with E-state index in [1.807, 2.05) is 11.8 Å². The molecule has 2 aliphatic rings. The fourth-order valence-corrected chi connectivity index (χ4v) is 3.47. The van der Waals surface area contributed by atoms with Crippen LogP contribution in [0.5, 0.6) is 0 Å². The molecule has 0 aromatic rings. The number of hydrogen-bond acceptors (Lipinski definition) is 3. The summed E-state index contributed by atoms with van der Waals surface area (Å²) >= 11 is 2.00. The zero-order valence-electron chi connectivity index (χ0n) is 9.11. The summed E-state index contributed by atoms with van der Waals surface area (Å²) in [5.41, 5.74) is 5.84. The van der Waals surface area contributed by atoms with E-state index in [1.54, 1.807) is 0 Å². The quantitative estimate of drug-likeness (QED) is 0.773. The average Bonchev–Trinajstić information content (AvgIpc) is 2.14. The van der Waals surface area contributed by atoms with E-state index in [0.717, 1.165) is 12.0 Å². The first kappa shape index (κ1) is 10.8. The fraction of sp³-hybridized carbons (Fsp3) is 1.00. The Balaban J connectivity index is 1.76. The second-order valence-corrected chi connectivity index (χ2v) is 5.75. The summed E-state index contributed by atoms with van der Waals surface area (Å²) < 4.78 is 0. The molecule has 1 aliphatic heterocycles. The lowest BCUT2D eigenvalue weighted by Crippen LogP contribution is -2.53. The lowest BCUT2D eigenvalue weighted by molar-refractivity contribution is 0.0709. The van der Waals surface area contributed by atoms with Crippen molar-refractivity contribution in [3.05, 3.63) is 0 Å². The number of hydrogen-bond donors (Lipinski definition) is 1. The van der Waals surface area contributed by atoms with Crippen LogP contribution in [0.3, 0.4) is 0 Å². The first-order valence-electron chi connectivity index (χ1n) is 5.78. The van der Waals surface area contributed by atoms with Crippen LogP contribution in [0.15, 0.2) is 0 Å². The van der Waals surface area contributed by atoms with Gasteiger partial charge in [-0.05, 0) is 50.2 Å². The maximum Gasteiger partial charge on any atom is 0.0125 e. The molecular weight excluding hydrogens is 192 g/mol. The van der Waals surface area contributed by atoms with Gasteiger partial charge in [-0.2, -0.15) is 11.8 Å². The average molecular weight is 214 g/mol. The summed E-state index contributed by atoms with van der Waals surface area (Å²) in [6, 6.07) is 1.33. The molecule has 0 bridgehead atoms. The summed E-state index contributed by atoms with van der Waals surface area (Å²) in [4.78, 5) is 2.69. The Labute approximate surface area is 91.6 Å². The Morgan fingerprint density at radius 3 is 2.86 bits per heavy atom. The molecule has 2 rings (SSSR count). The second-order valence-electron chi connectivity index (χ2n) is 4.84. The van der Waals surface area contributed by atoms with Crippen molar-refractivity contribution in [2.75, 3.05) is 25.1 Å². The van der Waals surface area contributed by atoms with Gasteiger partial charge in [0.25, 0.3) is 0 Å². The highest BCUT2D eigenvalue weighted by Crippen LogP contribution is 2.29. The van der Waals surface area contributed by atoms with E-state index >= 15 is 0 Å². The van der Waals surface area contributed by atoms with E-state index in [9.17, 15) is 0 Å². The van der Waals surface area contributed by atoms with E-state index in [2.05, 4.69) is 11.2 Å². The van der Waals surface area contributed by atoms with E-state index in [0.29, 0.717) is 6.04 Å². The molecule has 2 fully saturated rings. The molecule has 2 N–H and O–H groups in total. The summed E-state index contributed by atoms with van der Waals surface area (Å²) in [5, 5.41) is 0. The highest BCUT2D eigenvalue weighted by atomic mass is 32.2. The molecule has 1 saturated carbocycles. The van der Waals surface area contributed by atoms with Crippen LogP contribution in [0, 0.1) is 5.92 Å². The van der Waals surface area contributed by atoms with Crippen LogP contribution in [0.4, 0.5) is 0 Å². The lowest BCUT2D eigenvalue weighted by Gasteiger charge is -2.45. The van der Waals surface area contributed by atoms with Gasteiger partial charge >= 0.3 is 0 Å². The van der Waals surface area contributed by atoms with Crippen LogP contribution in [-0.2, 0) is 0 Å². The van der Waals surface area contributed by atoms with Gasteiger partial charge in [-0.3, -0.25) is 4.90 Å². The zero-order chi connectivity index (χ0) is 9.97. The molecule has 1 heterocycles. The third kappa shape index (κ3) is 2.44. The molecule has 1 saturated heterocycles. The smallest absolute Gasteiger partial charge is 0.0125 e. The molecule has 0 aromatic heterocycles. The van der Waals surface area contributed by atoms with Crippen LogP contribution in [0.2, 0.25) is 0 Å². The molecule has 1 atom stereocenters.